The smallest absolute Gasteiger partial charge is 0.220 e. The molecule has 0 aliphatic rings. The Morgan fingerprint density at radius 1 is 1.15 bits per heavy atom. The Labute approximate surface area is 119 Å². The Balaban J connectivity index is 2.66. The predicted octanol–water partition coefficient (Wildman–Crippen LogP) is 2.05. The van der Waals surface area contributed by atoms with Gasteiger partial charge in [-0.25, -0.2) is 0 Å². The van der Waals surface area contributed by atoms with Crippen LogP contribution in [0.25, 0.3) is 0 Å². The summed E-state index contributed by atoms with van der Waals surface area (Å²) >= 11 is 0. The van der Waals surface area contributed by atoms with Gasteiger partial charge in [-0.2, -0.15) is 0 Å². The molecule has 1 aromatic rings. The van der Waals surface area contributed by atoms with Crippen molar-refractivity contribution in [3.63, 3.8) is 0 Å². The number of rotatable bonds is 7. The molecule has 1 aromatic carbocycles. The molecule has 110 valence electrons. The van der Waals surface area contributed by atoms with Crippen LogP contribution >= 0.6 is 0 Å². The van der Waals surface area contributed by atoms with Crippen LogP contribution in [-0.2, 0) is 4.79 Å². The molecule has 0 spiro atoms. The van der Waals surface area contributed by atoms with Crippen molar-refractivity contribution in [2.75, 3.05) is 20.8 Å². The van der Waals surface area contributed by atoms with Crippen molar-refractivity contribution in [1.29, 1.82) is 0 Å². The van der Waals surface area contributed by atoms with Gasteiger partial charge >= 0.3 is 0 Å². The van der Waals surface area contributed by atoms with Crippen molar-refractivity contribution in [3.8, 4) is 11.5 Å². The van der Waals surface area contributed by atoms with E-state index < -0.39 is 0 Å². The molecule has 5 heteroatoms. The molecule has 0 bridgehead atoms. The molecule has 0 saturated heterocycles. The summed E-state index contributed by atoms with van der Waals surface area (Å²) in [6.45, 7) is 3.90. The van der Waals surface area contributed by atoms with Gasteiger partial charge in [-0.1, -0.05) is 13.8 Å². The van der Waals surface area contributed by atoms with Crippen molar-refractivity contribution in [3.05, 3.63) is 23.8 Å². The number of carbonyl (C=O) groups excluding carboxylic acids is 2. The summed E-state index contributed by atoms with van der Waals surface area (Å²) in [7, 11) is 3.04. The van der Waals surface area contributed by atoms with Crippen molar-refractivity contribution in [1.82, 2.24) is 5.32 Å². The molecule has 1 rings (SSSR count). The van der Waals surface area contributed by atoms with Crippen molar-refractivity contribution < 1.29 is 19.1 Å². The van der Waals surface area contributed by atoms with Crippen LogP contribution in [-0.4, -0.2) is 32.5 Å². The molecule has 0 radical (unpaired) electrons. The maximum atomic E-state index is 12.0. The first-order chi connectivity index (χ1) is 9.47. The minimum absolute atomic E-state index is 0.0129. The minimum Gasteiger partial charge on any atom is -0.493 e. The fourth-order valence-corrected chi connectivity index (χ4v) is 1.73. The predicted molar refractivity (Wildman–Crippen MR) is 76.3 cm³/mol. The summed E-state index contributed by atoms with van der Waals surface area (Å²) in [4.78, 5) is 23.5. The average Bonchev–Trinajstić information content (AvgIpc) is 2.43. The monoisotopic (exact) mass is 279 g/mol. The number of hydrogen-bond donors (Lipinski definition) is 1. The summed E-state index contributed by atoms with van der Waals surface area (Å²) in [6, 6.07) is 4.93. The Hall–Kier alpha value is -2.04. The van der Waals surface area contributed by atoms with Gasteiger partial charge in [0.15, 0.2) is 17.3 Å². The lowest BCUT2D eigenvalue weighted by molar-refractivity contribution is -0.121. The normalized spacial score (nSPS) is 10.2. The largest absolute Gasteiger partial charge is 0.493 e. The molecule has 0 heterocycles. The van der Waals surface area contributed by atoms with Gasteiger partial charge in [0.1, 0.15) is 0 Å². The van der Waals surface area contributed by atoms with E-state index in [4.69, 9.17) is 9.47 Å². The lowest BCUT2D eigenvalue weighted by Crippen LogP contribution is -2.30. The summed E-state index contributed by atoms with van der Waals surface area (Å²) in [5.41, 5.74) is 0.479. The van der Waals surface area contributed by atoms with E-state index in [1.807, 2.05) is 13.8 Å². The number of hydrogen-bond acceptors (Lipinski definition) is 4. The number of benzene rings is 1. The van der Waals surface area contributed by atoms with Crippen LogP contribution in [0, 0.1) is 5.92 Å². The fourth-order valence-electron chi connectivity index (χ4n) is 1.73. The molecule has 0 atom stereocenters. The number of carbonyl (C=O) groups is 2. The molecular weight excluding hydrogens is 258 g/mol. The maximum absolute atomic E-state index is 12.0. The second-order valence-electron chi connectivity index (χ2n) is 4.87. The highest BCUT2D eigenvalue weighted by molar-refractivity contribution is 5.99. The third-order valence-corrected chi connectivity index (χ3v) is 2.75. The number of Topliss-reactive ketones (excluding diaryl/α,β-unsaturated/α-hetero) is 1. The molecule has 1 N–H and O–H groups in total. The van der Waals surface area contributed by atoms with Crippen LogP contribution in [0.3, 0.4) is 0 Å². The van der Waals surface area contributed by atoms with Gasteiger partial charge in [0, 0.05) is 12.0 Å². The number of methoxy groups -OCH3 is 2. The zero-order valence-corrected chi connectivity index (χ0v) is 12.4. The van der Waals surface area contributed by atoms with E-state index in [0.717, 1.165) is 0 Å². The van der Waals surface area contributed by atoms with Crippen LogP contribution in [0.2, 0.25) is 0 Å². The summed E-state index contributed by atoms with van der Waals surface area (Å²) in [5.74, 6) is 1.04. The Morgan fingerprint density at radius 3 is 2.35 bits per heavy atom. The lowest BCUT2D eigenvalue weighted by atomic mass is 10.1. The zero-order chi connectivity index (χ0) is 15.1. The third kappa shape index (κ3) is 4.57. The topological polar surface area (TPSA) is 64.6 Å². The minimum atomic E-state index is -0.164. The van der Waals surface area contributed by atoms with Gasteiger partial charge in [0.05, 0.1) is 20.8 Å². The van der Waals surface area contributed by atoms with Crippen LogP contribution in [0.1, 0.15) is 30.6 Å². The molecule has 5 nitrogen and oxygen atoms in total. The van der Waals surface area contributed by atoms with Crippen LogP contribution in [0.15, 0.2) is 18.2 Å². The molecule has 20 heavy (non-hydrogen) atoms. The Morgan fingerprint density at radius 2 is 1.80 bits per heavy atom. The first-order valence-electron chi connectivity index (χ1n) is 6.49. The van der Waals surface area contributed by atoms with E-state index in [0.29, 0.717) is 23.5 Å². The average molecular weight is 279 g/mol. The second-order valence-corrected chi connectivity index (χ2v) is 4.87. The molecule has 0 aromatic heterocycles. The van der Waals surface area contributed by atoms with Gasteiger partial charge in [-0.3, -0.25) is 9.59 Å². The third-order valence-electron chi connectivity index (χ3n) is 2.75. The van der Waals surface area contributed by atoms with E-state index in [1.165, 1.54) is 14.2 Å². The van der Waals surface area contributed by atoms with Crippen LogP contribution < -0.4 is 14.8 Å². The highest BCUT2D eigenvalue weighted by atomic mass is 16.5. The highest BCUT2D eigenvalue weighted by Crippen LogP contribution is 2.27. The fraction of sp³-hybridized carbons (Fsp3) is 0.467. The Kier molecular flexibility index (Phi) is 6.03. The quantitative estimate of drug-likeness (QED) is 0.776. The molecule has 0 fully saturated rings. The number of nitrogens with one attached hydrogen (secondary N) is 1. The molecule has 0 unspecified atom stereocenters. The maximum Gasteiger partial charge on any atom is 0.220 e. The highest BCUT2D eigenvalue weighted by Gasteiger charge is 2.12. The van der Waals surface area contributed by atoms with Gasteiger partial charge in [0.25, 0.3) is 0 Å². The first-order valence-corrected chi connectivity index (χ1v) is 6.49. The lowest BCUT2D eigenvalue weighted by Gasteiger charge is -2.10. The summed E-state index contributed by atoms with van der Waals surface area (Å²) in [6.07, 6.45) is 0.416. The van der Waals surface area contributed by atoms with Gasteiger partial charge in [0.2, 0.25) is 5.91 Å². The van der Waals surface area contributed by atoms with Gasteiger partial charge in [-0.05, 0) is 24.1 Å². The van der Waals surface area contributed by atoms with Crippen molar-refractivity contribution in [2.45, 2.75) is 20.3 Å². The Bertz CT molecular complexity index is 483. The molecule has 0 aliphatic carbocycles. The van der Waals surface area contributed by atoms with Crippen LogP contribution in [0.5, 0.6) is 11.5 Å². The van der Waals surface area contributed by atoms with E-state index in [9.17, 15) is 9.59 Å². The summed E-state index contributed by atoms with van der Waals surface area (Å²) in [5, 5.41) is 2.62. The zero-order valence-electron chi connectivity index (χ0n) is 12.4. The second kappa shape index (κ2) is 7.53. The van der Waals surface area contributed by atoms with Crippen molar-refractivity contribution >= 4 is 11.7 Å². The SMILES string of the molecule is COc1ccc(C(=O)CNC(=O)CC(C)C)cc1OC. The molecule has 0 saturated carbocycles. The van der Waals surface area contributed by atoms with E-state index in [1.54, 1.807) is 18.2 Å². The van der Waals surface area contributed by atoms with E-state index in [2.05, 4.69) is 5.32 Å². The van der Waals surface area contributed by atoms with E-state index >= 15 is 0 Å². The first kappa shape index (κ1) is 16.0. The van der Waals surface area contributed by atoms with Crippen LogP contribution in [0.4, 0.5) is 0 Å². The van der Waals surface area contributed by atoms with Gasteiger partial charge in [-0.15, -0.1) is 0 Å². The molecular formula is C15H21NO4. The molecule has 1 amide bonds. The van der Waals surface area contributed by atoms with Crippen molar-refractivity contribution in [2.24, 2.45) is 5.92 Å². The number of amides is 1. The molecule has 0 aliphatic heterocycles. The number of ketones is 1. The standard InChI is InChI=1S/C15H21NO4/c1-10(2)7-15(18)16-9-12(17)11-5-6-13(19-3)14(8-11)20-4/h5-6,8,10H,7,9H2,1-4H3,(H,16,18). The van der Waals surface area contributed by atoms with E-state index in [-0.39, 0.29) is 24.2 Å². The summed E-state index contributed by atoms with van der Waals surface area (Å²) < 4.78 is 10.2. The number of ether oxygens (including phenoxy) is 2. The van der Waals surface area contributed by atoms with Gasteiger partial charge < -0.3 is 14.8 Å².